The molecule has 2 aromatic rings. The van der Waals surface area contributed by atoms with Crippen LogP contribution in [0.4, 0.5) is 0 Å². The second kappa shape index (κ2) is 6.42. The van der Waals surface area contributed by atoms with Gasteiger partial charge in [-0.3, -0.25) is 0 Å². The minimum absolute atomic E-state index is 0.276. The number of rotatable bonds is 4. The maximum atomic E-state index is 6.07. The molecule has 0 aliphatic rings. The molecule has 100 valence electrons. The lowest BCUT2D eigenvalue weighted by Crippen LogP contribution is -2.19. The fraction of sp³-hybridized carbons (Fsp3) is 0.250. The van der Waals surface area contributed by atoms with Crippen LogP contribution in [0.15, 0.2) is 42.5 Å². The summed E-state index contributed by atoms with van der Waals surface area (Å²) in [6, 6.07) is 14.5. The van der Waals surface area contributed by atoms with E-state index in [1.165, 1.54) is 16.7 Å². The molecule has 0 saturated heterocycles. The molecule has 2 rings (SSSR count). The summed E-state index contributed by atoms with van der Waals surface area (Å²) < 4.78 is 0. The first-order valence-electron chi connectivity index (χ1n) is 6.28. The Bertz CT molecular complexity index is 566. The van der Waals surface area contributed by atoms with Crippen LogP contribution in [0.25, 0.3) is 0 Å². The number of hydrogen-bond donors (Lipinski definition) is 1. The van der Waals surface area contributed by atoms with Crippen LogP contribution >= 0.6 is 23.2 Å². The van der Waals surface area contributed by atoms with Crippen LogP contribution in [0.1, 0.15) is 22.7 Å². The fourth-order valence-corrected chi connectivity index (χ4v) is 2.57. The lowest BCUT2D eigenvalue weighted by Gasteiger charge is -2.19. The van der Waals surface area contributed by atoms with Crippen molar-refractivity contribution >= 4 is 23.2 Å². The van der Waals surface area contributed by atoms with Crippen LogP contribution in [0.5, 0.6) is 0 Å². The second-order valence-corrected chi connectivity index (χ2v) is 5.46. The number of nitrogens with one attached hydrogen (secondary N) is 1. The van der Waals surface area contributed by atoms with Gasteiger partial charge in [0, 0.05) is 6.04 Å². The number of benzene rings is 2. The number of likely N-dealkylation sites (N-methyl/N-ethyl adjacent to an activating group) is 1. The van der Waals surface area contributed by atoms with E-state index in [4.69, 9.17) is 23.2 Å². The summed E-state index contributed by atoms with van der Waals surface area (Å²) in [7, 11) is 1.98. The van der Waals surface area contributed by atoms with Crippen LogP contribution in [-0.4, -0.2) is 7.05 Å². The van der Waals surface area contributed by atoms with Gasteiger partial charge in [-0.2, -0.15) is 0 Å². The Morgan fingerprint density at radius 3 is 2.42 bits per heavy atom. The first-order valence-corrected chi connectivity index (χ1v) is 7.04. The highest BCUT2D eigenvalue weighted by molar-refractivity contribution is 6.42. The highest BCUT2D eigenvalue weighted by Gasteiger charge is 2.12. The molecule has 1 N–H and O–H groups in total. The Morgan fingerprint density at radius 1 is 1.05 bits per heavy atom. The zero-order chi connectivity index (χ0) is 13.8. The molecule has 0 amide bonds. The number of halogens is 2. The smallest absolute Gasteiger partial charge is 0.0595 e. The van der Waals surface area contributed by atoms with Gasteiger partial charge in [0.25, 0.3) is 0 Å². The topological polar surface area (TPSA) is 12.0 Å². The molecule has 0 aliphatic carbocycles. The van der Waals surface area contributed by atoms with Crippen molar-refractivity contribution in [2.45, 2.75) is 19.4 Å². The largest absolute Gasteiger partial charge is 0.313 e. The Kier molecular flexibility index (Phi) is 4.87. The molecule has 0 heterocycles. The molecule has 0 aliphatic heterocycles. The van der Waals surface area contributed by atoms with Crippen molar-refractivity contribution in [3.63, 3.8) is 0 Å². The fourth-order valence-electron chi connectivity index (χ4n) is 2.25. The third kappa shape index (κ3) is 3.50. The van der Waals surface area contributed by atoms with Crippen LogP contribution in [0, 0.1) is 6.92 Å². The van der Waals surface area contributed by atoms with Gasteiger partial charge in [-0.05, 0) is 49.2 Å². The van der Waals surface area contributed by atoms with E-state index < -0.39 is 0 Å². The highest BCUT2D eigenvalue weighted by atomic mass is 35.5. The van der Waals surface area contributed by atoms with Crippen LogP contribution in [-0.2, 0) is 6.42 Å². The van der Waals surface area contributed by atoms with Crippen LogP contribution < -0.4 is 5.32 Å². The molecule has 3 heteroatoms. The molecule has 1 nitrogen and oxygen atoms in total. The standard InChI is InChI=1S/C16H17Cl2N/c1-11-5-3-4-6-13(11)16(19-2)10-12-7-8-14(17)15(18)9-12/h3-9,16,19H,10H2,1-2H3. The molecule has 1 atom stereocenters. The summed E-state index contributed by atoms with van der Waals surface area (Å²) in [6.07, 6.45) is 0.887. The lowest BCUT2D eigenvalue weighted by molar-refractivity contribution is 0.589. The quantitative estimate of drug-likeness (QED) is 0.853. The summed E-state index contributed by atoms with van der Waals surface area (Å²) >= 11 is 12.0. The summed E-state index contributed by atoms with van der Waals surface area (Å²) in [5.41, 5.74) is 3.79. The summed E-state index contributed by atoms with van der Waals surface area (Å²) in [5.74, 6) is 0. The van der Waals surface area contributed by atoms with Gasteiger partial charge in [-0.25, -0.2) is 0 Å². The van der Waals surface area contributed by atoms with Gasteiger partial charge in [0.15, 0.2) is 0 Å². The monoisotopic (exact) mass is 293 g/mol. The number of aryl methyl sites for hydroxylation is 1. The minimum Gasteiger partial charge on any atom is -0.313 e. The predicted octanol–water partition coefficient (Wildman–Crippen LogP) is 4.81. The third-order valence-electron chi connectivity index (χ3n) is 3.34. The van der Waals surface area contributed by atoms with Gasteiger partial charge in [0.2, 0.25) is 0 Å². The molecule has 0 bridgehead atoms. The summed E-state index contributed by atoms with van der Waals surface area (Å²) in [4.78, 5) is 0. The predicted molar refractivity (Wildman–Crippen MR) is 83.1 cm³/mol. The first kappa shape index (κ1) is 14.4. The Hall–Kier alpha value is -1.02. The van der Waals surface area contributed by atoms with Gasteiger partial charge in [-0.15, -0.1) is 0 Å². The third-order valence-corrected chi connectivity index (χ3v) is 4.08. The molecular weight excluding hydrogens is 277 g/mol. The average Bonchev–Trinajstić information content (AvgIpc) is 2.41. The van der Waals surface area contributed by atoms with Crippen molar-refractivity contribution < 1.29 is 0 Å². The Morgan fingerprint density at radius 2 is 1.79 bits per heavy atom. The van der Waals surface area contributed by atoms with Crippen molar-refractivity contribution in [2.75, 3.05) is 7.05 Å². The van der Waals surface area contributed by atoms with Crippen LogP contribution in [0.3, 0.4) is 0 Å². The van der Waals surface area contributed by atoms with E-state index in [0.717, 1.165) is 6.42 Å². The van der Waals surface area contributed by atoms with Gasteiger partial charge >= 0.3 is 0 Å². The minimum atomic E-state index is 0.276. The molecule has 2 aromatic carbocycles. The normalized spacial score (nSPS) is 12.4. The SMILES string of the molecule is CNC(Cc1ccc(Cl)c(Cl)c1)c1ccccc1C. The van der Waals surface area contributed by atoms with Crippen molar-refractivity contribution in [1.29, 1.82) is 0 Å². The maximum Gasteiger partial charge on any atom is 0.0595 e. The van der Waals surface area contributed by atoms with Crippen molar-refractivity contribution in [1.82, 2.24) is 5.32 Å². The molecule has 0 aromatic heterocycles. The van der Waals surface area contributed by atoms with Crippen molar-refractivity contribution in [3.05, 3.63) is 69.2 Å². The van der Waals surface area contributed by atoms with E-state index in [1.54, 1.807) is 0 Å². The lowest BCUT2D eigenvalue weighted by atomic mass is 9.95. The molecule has 0 saturated carbocycles. The average molecular weight is 294 g/mol. The molecular formula is C16H17Cl2N. The van der Waals surface area contributed by atoms with E-state index in [9.17, 15) is 0 Å². The Labute approximate surface area is 124 Å². The van der Waals surface area contributed by atoms with E-state index in [2.05, 4.69) is 36.5 Å². The van der Waals surface area contributed by atoms with Gasteiger partial charge in [-0.1, -0.05) is 53.5 Å². The van der Waals surface area contributed by atoms with Crippen LogP contribution in [0.2, 0.25) is 10.0 Å². The molecule has 19 heavy (non-hydrogen) atoms. The van der Waals surface area contributed by atoms with Gasteiger partial charge in [0.05, 0.1) is 10.0 Å². The Balaban J connectivity index is 2.24. The van der Waals surface area contributed by atoms with E-state index in [-0.39, 0.29) is 6.04 Å². The maximum absolute atomic E-state index is 6.07. The highest BCUT2D eigenvalue weighted by Crippen LogP contribution is 2.26. The summed E-state index contributed by atoms with van der Waals surface area (Å²) in [6.45, 7) is 2.13. The second-order valence-electron chi connectivity index (χ2n) is 4.65. The molecule has 0 fully saturated rings. The van der Waals surface area contributed by atoms with E-state index in [1.807, 2.05) is 25.2 Å². The van der Waals surface area contributed by atoms with Gasteiger partial charge < -0.3 is 5.32 Å². The molecule has 0 radical (unpaired) electrons. The van der Waals surface area contributed by atoms with Crippen molar-refractivity contribution in [2.24, 2.45) is 0 Å². The first-order chi connectivity index (χ1) is 9.11. The van der Waals surface area contributed by atoms with E-state index in [0.29, 0.717) is 10.0 Å². The van der Waals surface area contributed by atoms with E-state index >= 15 is 0 Å². The van der Waals surface area contributed by atoms with Gasteiger partial charge in [0.1, 0.15) is 0 Å². The molecule has 0 spiro atoms. The summed E-state index contributed by atoms with van der Waals surface area (Å²) in [5, 5.41) is 4.58. The molecule has 1 unspecified atom stereocenters. The van der Waals surface area contributed by atoms with Crippen molar-refractivity contribution in [3.8, 4) is 0 Å². The zero-order valence-corrected chi connectivity index (χ0v) is 12.6. The number of hydrogen-bond acceptors (Lipinski definition) is 1. The zero-order valence-electron chi connectivity index (χ0n) is 11.1.